The minimum Gasteiger partial charge on any atom is -0.306 e. The van der Waals surface area contributed by atoms with Gasteiger partial charge in [0.2, 0.25) is 0 Å². The van der Waals surface area contributed by atoms with Crippen molar-refractivity contribution in [3.8, 4) is 0 Å². The summed E-state index contributed by atoms with van der Waals surface area (Å²) >= 11 is 0. The van der Waals surface area contributed by atoms with Gasteiger partial charge in [-0.1, -0.05) is 6.42 Å². The third-order valence-electron chi connectivity index (χ3n) is 4.06. The van der Waals surface area contributed by atoms with Crippen molar-refractivity contribution >= 4 is 6.29 Å². The molecule has 0 N–H and O–H groups in total. The molecule has 2 nitrogen and oxygen atoms in total. The molecule has 2 aliphatic carbocycles. The Morgan fingerprint density at radius 2 is 2.21 bits per heavy atom. The lowest BCUT2D eigenvalue weighted by atomic mass is 9.88. The van der Waals surface area contributed by atoms with E-state index in [1.54, 1.807) is 0 Å². The van der Waals surface area contributed by atoms with Crippen LogP contribution in [0.25, 0.3) is 0 Å². The number of carbonyl (C=O) groups is 1. The molecule has 2 heteroatoms. The van der Waals surface area contributed by atoms with E-state index < -0.39 is 0 Å². The summed E-state index contributed by atoms with van der Waals surface area (Å²) in [6.07, 6.45) is 7.62. The van der Waals surface area contributed by atoms with Crippen LogP contribution in [0.1, 0.15) is 32.1 Å². The van der Waals surface area contributed by atoms with E-state index in [-0.39, 0.29) is 0 Å². The summed E-state index contributed by atoms with van der Waals surface area (Å²) in [5, 5.41) is 0. The van der Waals surface area contributed by atoms with Gasteiger partial charge in [-0.25, -0.2) is 0 Å². The molecule has 0 amide bonds. The Kier molecular flexibility index (Phi) is 3.22. The molecule has 80 valence electrons. The van der Waals surface area contributed by atoms with Crippen LogP contribution in [-0.2, 0) is 4.79 Å². The zero-order chi connectivity index (χ0) is 9.97. The zero-order valence-corrected chi connectivity index (χ0v) is 9.11. The number of nitrogens with zero attached hydrogens (tertiary/aromatic N) is 1. The quantitative estimate of drug-likeness (QED) is 0.625. The molecule has 2 saturated carbocycles. The van der Waals surface area contributed by atoms with E-state index in [9.17, 15) is 4.79 Å². The molecule has 0 saturated heterocycles. The minimum absolute atomic E-state index is 0.692. The highest BCUT2D eigenvalue weighted by Gasteiger charge is 2.39. The lowest BCUT2D eigenvalue weighted by Gasteiger charge is -2.26. The first-order valence-electron chi connectivity index (χ1n) is 5.91. The molecule has 14 heavy (non-hydrogen) atoms. The van der Waals surface area contributed by atoms with Crippen molar-refractivity contribution in [2.24, 2.45) is 17.8 Å². The van der Waals surface area contributed by atoms with Crippen LogP contribution in [0, 0.1) is 17.8 Å². The Hall–Kier alpha value is -0.370. The van der Waals surface area contributed by atoms with Crippen LogP contribution in [0.2, 0.25) is 0 Å². The van der Waals surface area contributed by atoms with Gasteiger partial charge in [0.15, 0.2) is 0 Å². The summed E-state index contributed by atoms with van der Waals surface area (Å²) < 4.78 is 0. The molecule has 0 aromatic rings. The maximum Gasteiger partial charge on any atom is 0.121 e. The fourth-order valence-electron chi connectivity index (χ4n) is 3.36. The molecular weight excluding hydrogens is 174 g/mol. The maximum absolute atomic E-state index is 10.2. The van der Waals surface area contributed by atoms with Crippen molar-refractivity contribution in [1.82, 2.24) is 4.90 Å². The average Bonchev–Trinajstić information content (AvgIpc) is 2.76. The highest BCUT2D eigenvalue weighted by Crippen LogP contribution is 2.48. The van der Waals surface area contributed by atoms with Crippen LogP contribution in [-0.4, -0.2) is 31.3 Å². The number of hydrogen-bond donors (Lipinski definition) is 0. The smallest absolute Gasteiger partial charge is 0.121 e. The van der Waals surface area contributed by atoms with Crippen molar-refractivity contribution in [2.75, 3.05) is 20.1 Å². The third-order valence-corrected chi connectivity index (χ3v) is 4.06. The van der Waals surface area contributed by atoms with Crippen LogP contribution in [0.5, 0.6) is 0 Å². The normalized spacial score (nSPS) is 35.4. The molecule has 3 unspecified atom stereocenters. The van der Waals surface area contributed by atoms with Crippen molar-refractivity contribution in [1.29, 1.82) is 0 Å². The second-order valence-corrected chi connectivity index (χ2v) is 5.15. The van der Waals surface area contributed by atoms with E-state index in [0.717, 1.165) is 30.6 Å². The molecule has 2 rings (SSSR count). The van der Waals surface area contributed by atoms with Gasteiger partial charge in [-0.3, -0.25) is 0 Å². The highest BCUT2D eigenvalue weighted by atomic mass is 16.1. The number of rotatable bonds is 5. The van der Waals surface area contributed by atoms with Gasteiger partial charge in [0.05, 0.1) is 0 Å². The van der Waals surface area contributed by atoms with Crippen molar-refractivity contribution in [3.63, 3.8) is 0 Å². The predicted molar refractivity (Wildman–Crippen MR) is 57.1 cm³/mol. The Morgan fingerprint density at radius 3 is 2.79 bits per heavy atom. The lowest BCUT2D eigenvalue weighted by molar-refractivity contribution is -0.108. The molecule has 0 aliphatic heterocycles. The maximum atomic E-state index is 10.2. The first kappa shape index (κ1) is 10.2. The molecule has 0 aromatic carbocycles. The van der Waals surface area contributed by atoms with E-state index in [2.05, 4.69) is 11.9 Å². The summed E-state index contributed by atoms with van der Waals surface area (Å²) in [6, 6.07) is 0. The Labute approximate surface area is 86.7 Å². The first-order valence-corrected chi connectivity index (χ1v) is 5.91. The number of carbonyl (C=O) groups excluding carboxylic acids is 1. The minimum atomic E-state index is 0.692. The van der Waals surface area contributed by atoms with Crippen LogP contribution in [0.15, 0.2) is 0 Å². The van der Waals surface area contributed by atoms with Gasteiger partial charge in [-0.2, -0.15) is 0 Å². The zero-order valence-electron chi connectivity index (χ0n) is 9.11. The van der Waals surface area contributed by atoms with Crippen molar-refractivity contribution in [2.45, 2.75) is 32.1 Å². The summed E-state index contributed by atoms with van der Waals surface area (Å²) in [6.45, 7) is 2.16. The molecule has 3 atom stereocenters. The largest absolute Gasteiger partial charge is 0.306 e. The second-order valence-electron chi connectivity index (χ2n) is 5.15. The van der Waals surface area contributed by atoms with Crippen LogP contribution < -0.4 is 0 Å². The van der Waals surface area contributed by atoms with Gasteiger partial charge < -0.3 is 9.69 Å². The first-order chi connectivity index (χ1) is 6.79. The molecule has 0 heterocycles. The third kappa shape index (κ3) is 2.17. The Morgan fingerprint density at radius 1 is 1.36 bits per heavy atom. The van der Waals surface area contributed by atoms with Gasteiger partial charge in [0.1, 0.15) is 6.29 Å². The van der Waals surface area contributed by atoms with E-state index in [1.165, 1.54) is 32.2 Å². The lowest BCUT2D eigenvalue weighted by Crippen LogP contribution is -2.29. The van der Waals surface area contributed by atoms with Crippen molar-refractivity contribution < 1.29 is 4.79 Å². The van der Waals surface area contributed by atoms with E-state index in [0.29, 0.717) is 6.42 Å². The molecule has 2 fully saturated rings. The van der Waals surface area contributed by atoms with Gasteiger partial charge in [-0.05, 0) is 44.1 Å². The van der Waals surface area contributed by atoms with Crippen LogP contribution in [0.4, 0.5) is 0 Å². The molecule has 0 spiro atoms. The monoisotopic (exact) mass is 195 g/mol. The van der Waals surface area contributed by atoms with Crippen LogP contribution >= 0.6 is 0 Å². The van der Waals surface area contributed by atoms with Gasteiger partial charge >= 0.3 is 0 Å². The fraction of sp³-hybridized carbons (Fsp3) is 0.917. The summed E-state index contributed by atoms with van der Waals surface area (Å²) in [4.78, 5) is 12.6. The van der Waals surface area contributed by atoms with Gasteiger partial charge in [-0.15, -0.1) is 0 Å². The van der Waals surface area contributed by atoms with E-state index >= 15 is 0 Å². The average molecular weight is 195 g/mol. The standard InChI is InChI=1S/C12H21NO/c1-13(5-2-6-14)9-12-8-10-3-4-11(12)7-10/h6,10-12H,2-5,7-9H2,1H3. The van der Waals surface area contributed by atoms with E-state index in [4.69, 9.17) is 0 Å². The van der Waals surface area contributed by atoms with Gasteiger partial charge in [0.25, 0.3) is 0 Å². The predicted octanol–water partition coefficient (Wildman–Crippen LogP) is 1.94. The molecule has 2 bridgehead atoms. The molecular formula is C12H21NO. The SMILES string of the molecule is CN(CCC=O)CC1CC2CCC1C2. The summed E-state index contributed by atoms with van der Waals surface area (Å²) in [7, 11) is 2.15. The topological polar surface area (TPSA) is 20.3 Å². The highest BCUT2D eigenvalue weighted by molar-refractivity contribution is 5.49. The number of fused-ring (bicyclic) bond motifs is 2. The molecule has 0 aromatic heterocycles. The second kappa shape index (κ2) is 4.43. The Balaban J connectivity index is 1.72. The number of hydrogen-bond acceptors (Lipinski definition) is 2. The number of aldehydes is 1. The summed E-state index contributed by atoms with van der Waals surface area (Å²) in [5.74, 6) is 2.99. The molecule has 0 radical (unpaired) electrons. The fourth-order valence-corrected chi connectivity index (χ4v) is 3.36. The molecule has 2 aliphatic rings. The summed E-state index contributed by atoms with van der Waals surface area (Å²) in [5.41, 5.74) is 0. The van der Waals surface area contributed by atoms with Crippen LogP contribution in [0.3, 0.4) is 0 Å². The van der Waals surface area contributed by atoms with Crippen molar-refractivity contribution in [3.05, 3.63) is 0 Å². The van der Waals surface area contributed by atoms with Gasteiger partial charge in [0, 0.05) is 19.5 Å². The Bertz CT molecular complexity index is 204. The van der Waals surface area contributed by atoms with E-state index in [1.807, 2.05) is 0 Å².